The van der Waals surface area contributed by atoms with Gasteiger partial charge < -0.3 is 5.32 Å². The average Bonchev–Trinajstić information content (AvgIpc) is 3.34. The summed E-state index contributed by atoms with van der Waals surface area (Å²) in [5.41, 5.74) is 1.95. The number of hydrogen-bond donors (Lipinski definition) is 1. The van der Waals surface area contributed by atoms with E-state index in [1.165, 1.54) is 27.0 Å². The molecule has 1 fully saturated rings. The van der Waals surface area contributed by atoms with Crippen molar-refractivity contribution in [2.75, 3.05) is 11.9 Å². The molecule has 1 N–H and O–H groups in total. The molecule has 1 saturated heterocycles. The van der Waals surface area contributed by atoms with Gasteiger partial charge in [0.2, 0.25) is 5.91 Å². The van der Waals surface area contributed by atoms with Crippen molar-refractivity contribution in [3.63, 3.8) is 0 Å². The molecule has 0 radical (unpaired) electrons. The zero-order valence-electron chi connectivity index (χ0n) is 14.0. The van der Waals surface area contributed by atoms with Crippen LogP contribution in [0.3, 0.4) is 0 Å². The van der Waals surface area contributed by atoms with Crippen molar-refractivity contribution in [1.29, 1.82) is 0 Å². The normalized spacial score (nSPS) is 18.4. The van der Waals surface area contributed by atoms with Gasteiger partial charge in [-0.2, -0.15) is 4.31 Å². The molecule has 1 aliphatic heterocycles. The third kappa shape index (κ3) is 3.16. The molecule has 0 unspecified atom stereocenters. The summed E-state index contributed by atoms with van der Waals surface area (Å²) in [5, 5.41) is 5.03. The second kappa shape index (κ2) is 6.73. The van der Waals surface area contributed by atoms with Crippen molar-refractivity contribution in [1.82, 2.24) is 9.29 Å². The Morgan fingerprint density at radius 1 is 1.35 bits per heavy atom. The lowest BCUT2D eigenvalue weighted by Gasteiger charge is -2.22. The largest absolute Gasteiger partial charge is 0.301 e. The van der Waals surface area contributed by atoms with Gasteiger partial charge in [0.15, 0.2) is 5.13 Å². The first-order chi connectivity index (χ1) is 12.4. The van der Waals surface area contributed by atoms with Crippen molar-refractivity contribution >= 4 is 54.0 Å². The minimum Gasteiger partial charge on any atom is -0.301 e. The third-order valence-electron chi connectivity index (χ3n) is 4.34. The number of benzene rings is 1. The van der Waals surface area contributed by atoms with Gasteiger partial charge in [-0.1, -0.05) is 23.5 Å². The van der Waals surface area contributed by atoms with Crippen molar-refractivity contribution in [3.05, 3.63) is 41.3 Å². The number of amides is 1. The predicted molar refractivity (Wildman–Crippen MR) is 104 cm³/mol. The number of rotatable bonds is 4. The van der Waals surface area contributed by atoms with E-state index >= 15 is 0 Å². The SMILES string of the molecule is Cc1ccc2nc(NC(=O)[C@H]3CCCN3S(=O)(=O)c3cccs3)sc2c1. The van der Waals surface area contributed by atoms with E-state index in [1.54, 1.807) is 17.5 Å². The van der Waals surface area contributed by atoms with E-state index < -0.39 is 16.1 Å². The molecule has 0 aliphatic carbocycles. The second-order valence-electron chi connectivity index (χ2n) is 6.19. The van der Waals surface area contributed by atoms with Crippen LogP contribution >= 0.6 is 22.7 Å². The monoisotopic (exact) mass is 407 g/mol. The lowest BCUT2D eigenvalue weighted by Crippen LogP contribution is -2.42. The zero-order chi connectivity index (χ0) is 18.3. The molecule has 26 heavy (non-hydrogen) atoms. The van der Waals surface area contributed by atoms with E-state index in [9.17, 15) is 13.2 Å². The van der Waals surface area contributed by atoms with E-state index in [2.05, 4.69) is 10.3 Å². The summed E-state index contributed by atoms with van der Waals surface area (Å²) in [4.78, 5) is 17.2. The van der Waals surface area contributed by atoms with Gasteiger partial charge in [0, 0.05) is 6.54 Å². The molecule has 2 aromatic heterocycles. The standard InChI is InChI=1S/C17H17N3O3S3/c1-11-6-7-12-14(10-11)25-17(18-12)19-16(21)13-4-2-8-20(13)26(22,23)15-5-3-9-24-15/h3,5-7,9-10,13H,2,4,8H2,1H3,(H,18,19,21)/t13-/m1/s1. The summed E-state index contributed by atoms with van der Waals surface area (Å²) < 4.78 is 28.1. The number of carbonyl (C=O) groups excluding carboxylic acids is 1. The van der Waals surface area contributed by atoms with Gasteiger partial charge in [-0.05, 0) is 48.9 Å². The van der Waals surface area contributed by atoms with Crippen LogP contribution < -0.4 is 5.32 Å². The smallest absolute Gasteiger partial charge is 0.253 e. The molecule has 3 aromatic rings. The number of aromatic nitrogens is 1. The number of thiazole rings is 1. The molecule has 1 atom stereocenters. The molecule has 6 nitrogen and oxygen atoms in total. The molecule has 3 heterocycles. The van der Waals surface area contributed by atoms with Gasteiger partial charge in [0.1, 0.15) is 10.3 Å². The molecule has 0 bridgehead atoms. The Bertz CT molecular complexity index is 1060. The number of anilines is 1. The van der Waals surface area contributed by atoms with Crippen molar-refractivity contribution in [2.24, 2.45) is 0 Å². The predicted octanol–water partition coefficient (Wildman–Crippen LogP) is 3.46. The highest BCUT2D eigenvalue weighted by Crippen LogP contribution is 2.31. The number of fused-ring (bicyclic) bond motifs is 1. The van der Waals surface area contributed by atoms with Crippen LogP contribution in [0.4, 0.5) is 5.13 Å². The second-order valence-corrected chi connectivity index (χ2v) is 10.3. The zero-order valence-corrected chi connectivity index (χ0v) is 16.5. The Balaban J connectivity index is 1.56. The van der Waals surface area contributed by atoms with Gasteiger partial charge in [0.25, 0.3) is 10.0 Å². The van der Waals surface area contributed by atoms with E-state index in [0.717, 1.165) is 15.8 Å². The molecule has 1 aliphatic rings. The quantitative estimate of drug-likeness (QED) is 0.718. The number of aryl methyl sites for hydroxylation is 1. The number of hydrogen-bond acceptors (Lipinski definition) is 6. The fourth-order valence-corrected chi connectivity index (χ4v) is 6.83. The fraction of sp³-hybridized carbons (Fsp3) is 0.294. The maximum Gasteiger partial charge on any atom is 0.253 e. The minimum atomic E-state index is -3.64. The Hall–Kier alpha value is -1.81. The Kier molecular flexibility index (Phi) is 4.55. The average molecular weight is 408 g/mol. The molecule has 1 aromatic carbocycles. The van der Waals surface area contributed by atoms with Crippen molar-refractivity contribution in [3.8, 4) is 0 Å². The molecule has 9 heteroatoms. The molecule has 4 rings (SSSR count). The number of sulfonamides is 1. The van der Waals surface area contributed by atoms with E-state index in [4.69, 9.17) is 0 Å². The molecule has 0 saturated carbocycles. The van der Waals surface area contributed by atoms with Gasteiger partial charge in [0.05, 0.1) is 10.2 Å². The molecule has 136 valence electrons. The van der Waals surface area contributed by atoms with E-state index in [0.29, 0.717) is 24.5 Å². The van der Waals surface area contributed by atoms with E-state index in [1.807, 2.05) is 25.1 Å². The highest BCUT2D eigenvalue weighted by atomic mass is 32.2. The van der Waals surface area contributed by atoms with Gasteiger partial charge in [-0.3, -0.25) is 4.79 Å². The molecular formula is C17H17N3O3S3. The highest BCUT2D eigenvalue weighted by Gasteiger charge is 2.40. The number of nitrogens with zero attached hydrogens (tertiary/aromatic N) is 2. The summed E-state index contributed by atoms with van der Waals surface area (Å²) >= 11 is 2.56. The maximum absolute atomic E-state index is 12.8. The maximum atomic E-state index is 12.8. The minimum absolute atomic E-state index is 0.271. The third-order valence-corrected chi connectivity index (χ3v) is 8.55. The molecular weight excluding hydrogens is 390 g/mol. The Morgan fingerprint density at radius 3 is 2.96 bits per heavy atom. The van der Waals surface area contributed by atoms with Gasteiger partial charge in [-0.25, -0.2) is 13.4 Å². The van der Waals surface area contributed by atoms with Crippen molar-refractivity contribution < 1.29 is 13.2 Å². The summed E-state index contributed by atoms with van der Waals surface area (Å²) in [7, 11) is -3.64. The topological polar surface area (TPSA) is 79.4 Å². The van der Waals surface area contributed by atoms with Crippen molar-refractivity contribution in [2.45, 2.75) is 30.0 Å². The summed E-state index contributed by atoms with van der Waals surface area (Å²) in [6.45, 7) is 2.36. The van der Waals surface area contributed by atoms with Crippen LogP contribution in [-0.4, -0.2) is 36.2 Å². The van der Waals surface area contributed by atoms with Crippen LogP contribution in [0.25, 0.3) is 10.2 Å². The first-order valence-electron chi connectivity index (χ1n) is 8.18. The lowest BCUT2D eigenvalue weighted by atomic mass is 10.2. The first-order valence-corrected chi connectivity index (χ1v) is 11.3. The van der Waals surface area contributed by atoms with Crippen LogP contribution in [-0.2, 0) is 14.8 Å². The summed E-state index contributed by atoms with van der Waals surface area (Å²) in [5.74, 6) is -0.321. The first kappa shape index (κ1) is 17.6. The van der Waals surface area contributed by atoms with Gasteiger partial charge in [-0.15, -0.1) is 11.3 Å². The summed E-state index contributed by atoms with van der Waals surface area (Å²) in [6, 6.07) is 8.48. The Labute approximate surface area is 159 Å². The molecule has 1 amide bonds. The van der Waals surface area contributed by atoms with Crippen LogP contribution in [0.2, 0.25) is 0 Å². The lowest BCUT2D eigenvalue weighted by molar-refractivity contribution is -0.119. The number of nitrogens with one attached hydrogen (secondary N) is 1. The number of thiophene rings is 1. The van der Waals surface area contributed by atoms with Crippen LogP contribution in [0.5, 0.6) is 0 Å². The fourth-order valence-electron chi connectivity index (χ4n) is 3.09. The van der Waals surface area contributed by atoms with Crippen LogP contribution in [0, 0.1) is 6.92 Å². The van der Waals surface area contributed by atoms with Crippen LogP contribution in [0.15, 0.2) is 39.9 Å². The highest BCUT2D eigenvalue weighted by molar-refractivity contribution is 7.91. The van der Waals surface area contributed by atoms with E-state index in [-0.39, 0.29) is 10.1 Å². The van der Waals surface area contributed by atoms with Crippen LogP contribution in [0.1, 0.15) is 18.4 Å². The molecule has 0 spiro atoms. The summed E-state index contributed by atoms with van der Waals surface area (Å²) in [6.07, 6.45) is 1.18. The van der Waals surface area contributed by atoms with Gasteiger partial charge >= 0.3 is 0 Å². The Morgan fingerprint density at radius 2 is 2.19 bits per heavy atom. The number of carbonyl (C=O) groups is 1.